The number of aromatic nitrogens is 3. The van der Waals surface area contributed by atoms with Crippen LogP contribution in [0.4, 0.5) is 0 Å². The first-order valence-electron chi connectivity index (χ1n) is 8.08. The fourth-order valence-corrected chi connectivity index (χ4v) is 4.36. The Morgan fingerprint density at radius 2 is 2.04 bits per heavy atom. The second-order valence-corrected chi connectivity index (χ2v) is 7.97. The third-order valence-corrected chi connectivity index (χ3v) is 6.10. The highest BCUT2D eigenvalue weighted by atomic mass is 127. The lowest BCUT2D eigenvalue weighted by molar-refractivity contribution is -0.709. The van der Waals surface area contributed by atoms with Crippen LogP contribution in [0.25, 0.3) is 16.2 Å². The predicted molar refractivity (Wildman–Crippen MR) is 109 cm³/mol. The highest BCUT2D eigenvalue weighted by Crippen LogP contribution is 2.32. The van der Waals surface area contributed by atoms with Crippen molar-refractivity contribution in [2.45, 2.75) is 6.54 Å². The zero-order valence-corrected chi connectivity index (χ0v) is 17.2. The van der Waals surface area contributed by atoms with Gasteiger partial charge in [0.05, 0.1) is 29.6 Å². The average molecular weight is 491 g/mol. The maximum atomic E-state index is 12.7. The lowest BCUT2D eigenvalue weighted by Crippen LogP contribution is -2.44. The number of benzene rings is 1. The number of methoxy groups -OCH3 is 1. The van der Waals surface area contributed by atoms with E-state index in [1.165, 1.54) is 15.7 Å². The van der Waals surface area contributed by atoms with Gasteiger partial charge in [-0.05, 0) is 40.8 Å². The largest absolute Gasteiger partial charge is 0.841 e. The molecule has 6 nitrogen and oxygen atoms in total. The number of rotatable bonds is 4. The molecule has 0 amide bonds. The standard InChI is InChI=1S/C19H14IN3O3S/c1-26-14-7-3-2-6-13(14)17-21-10-12(27-17)11-23-15-8-4-5-9-22(15)18(24)16(20)19(23)25/h2-10H,11H2,1H3. The minimum Gasteiger partial charge on any atom is -0.841 e. The van der Waals surface area contributed by atoms with Gasteiger partial charge in [-0.3, -0.25) is 0 Å². The number of para-hydroxylation sites is 1. The molecule has 0 atom stereocenters. The Bertz CT molecular complexity index is 1200. The molecule has 4 rings (SSSR count). The minimum absolute atomic E-state index is 0.172. The summed E-state index contributed by atoms with van der Waals surface area (Å²) in [5, 5.41) is 13.5. The predicted octanol–water partition coefficient (Wildman–Crippen LogP) is 2.45. The van der Waals surface area contributed by atoms with Gasteiger partial charge in [-0.2, -0.15) is 4.40 Å². The molecule has 4 aromatic rings. The summed E-state index contributed by atoms with van der Waals surface area (Å²) in [6.07, 6.45) is 3.43. The van der Waals surface area contributed by atoms with Crippen LogP contribution in [0.3, 0.4) is 0 Å². The SMILES string of the molecule is COc1ccccc1-c1ncc(C[n+]2c([O-])c(I)c(=O)n3ccccc32)s1. The van der Waals surface area contributed by atoms with E-state index < -0.39 is 0 Å². The minimum atomic E-state index is -0.300. The molecular weight excluding hydrogens is 477 g/mol. The van der Waals surface area contributed by atoms with Gasteiger partial charge in [-0.25, -0.2) is 14.3 Å². The Labute approximate surface area is 172 Å². The van der Waals surface area contributed by atoms with E-state index in [2.05, 4.69) is 4.98 Å². The van der Waals surface area contributed by atoms with Gasteiger partial charge in [0.15, 0.2) is 0 Å². The van der Waals surface area contributed by atoms with Gasteiger partial charge in [0, 0.05) is 12.3 Å². The summed E-state index contributed by atoms with van der Waals surface area (Å²) in [5.41, 5.74) is 1.17. The topological polar surface area (TPSA) is 70.5 Å². The van der Waals surface area contributed by atoms with Gasteiger partial charge in [0.2, 0.25) is 0 Å². The first-order chi connectivity index (χ1) is 13.1. The Hall–Kier alpha value is -2.46. The molecule has 8 heteroatoms. The van der Waals surface area contributed by atoms with Crippen LogP contribution >= 0.6 is 33.9 Å². The van der Waals surface area contributed by atoms with Crippen molar-refractivity contribution in [3.8, 4) is 22.2 Å². The fourth-order valence-electron chi connectivity index (χ4n) is 2.88. The summed E-state index contributed by atoms with van der Waals surface area (Å²) in [6.45, 7) is 0.343. The quantitative estimate of drug-likeness (QED) is 0.325. The van der Waals surface area contributed by atoms with Crippen LogP contribution in [0.2, 0.25) is 0 Å². The molecule has 0 radical (unpaired) electrons. The van der Waals surface area contributed by atoms with E-state index in [1.54, 1.807) is 36.2 Å². The molecule has 0 N–H and O–H groups in total. The number of pyridine rings is 1. The number of halogens is 1. The Balaban J connectivity index is 1.79. The third kappa shape index (κ3) is 3.19. The van der Waals surface area contributed by atoms with Crippen molar-refractivity contribution in [1.82, 2.24) is 9.38 Å². The Morgan fingerprint density at radius 1 is 1.26 bits per heavy atom. The smallest absolute Gasteiger partial charge is 0.355 e. The summed E-state index contributed by atoms with van der Waals surface area (Å²) in [6, 6.07) is 13.0. The van der Waals surface area contributed by atoms with Gasteiger partial charge < -0.3 is 9.84 Å². The number of ether oxygens (including phenoxy) is 1. The molecule has 0 spiro atoms. The van der Waals surface area contributed by atoms with Crippen LogP contribution in [0.5, 0.6) is 11.6 Å². The van der Waals surface area contributed by atoms with Crippen molar-refractivity contribution in [2.75, 3.05) is 7.11 Å². The van der Waals surface area contributed by atoms with Crippen LogP contribution in [0, 0.1) is 3.57 Å². The van der Waals surface area contributed by atoms with Crippen molar-refractivity contribution in [3.63, 3.8) is 0 Å². The summed E-state index contributed by atoms with van der Waals surface area (Å²) in [5.74, 6) is 0.459. The van der Waals surface area contributed by atoms with Gasteiger partial charge in [-0.1, -0.05) is 18.2 Å². The molecule has 136 valence electrons. The summed E-state index contributed by atoms with van der Waals surface area (Å²) in [4.78, 5) is 17.7. The van der Waals surface area contributed by atoms with Crippen LogP contribution < -0.4 is 20.0 Å². The van der Waals surface area contributed by atoms with Crippen molar-refractivity contribution in [1.29, 1.82) is 0 Å². The fraction of sp³-hybridized carbons (Fsp3) is 0.105. The molecule has 3 aromatic heterocycles. The number of hydrogen-bond donors (Lipinski definition) is 0. The lowest BCUT2D eigenvalue weighted by Gasteiger charge is -2.13. The van der Waals surface area contributed by atoms with E-state index in [0.29, 0.717) is 12.2 Å². The number of nitrogens with zero attached hydrogens (tertiary/aromatic N) is 3. The van der Waals surface area contributed by atoms with Crippen molar-refractivity contribution < 1.29 is 14.4 Å². The molecule has 0 aliphatic rings. The molecule has 0 saturated heterocycles. The molecule has 0 fully saturated rings. The molecule has 1 aromatic carbocycles. The highest BCUT2D eigenvalue weighted by Gasteiger charge is 2.18. The molecule has 27 heavy (non-hydrogen) atoms. The maximum absolute atomic E-state index is 12.7. The third-order valence-electron chi connectivity index (χ3n) is 4.16. The van der Waals surface area contributed by atoms with Crippen LogP contribution in [0.1, 0.15) is 4.88 Å². The van der Waals surface area contributed by atoms with Crippen LogP contribution in [-0.2, 0) is 6.54 Å². The number of fused-ring (bicyclic) bond motifs is 1. The second-order valence-electron chi connectivity index (χ2n) is 5.77. The van der Waals surface area contributed by atoms with Gasteiger partial charge in [0.1, 0.15) is 20.9 Å². The van der Waals surface area contributed by atoms with Gasteiger partial charge in [-0.15, -0.1) is 11.3 Å². The first kappa shape index (κ1) is 17.9. The first-order valence-corrected chi connectivity index (χ1v) is 9.97. The van der Waals surface area contributed by atoms with E-state index in [4.69, 9.17) is 4.74 Å². The summed E-state index contributed by atoms with van der Waals surface area (Å²) < 4.78 is 8.67. The van der Waals surface area contributed by atoms with Crippen molar-refractivity contribution >= 4 is 39.6 Å². The Morgan fingerprint density at radius 3 is 2.85 bits per heavy atom. The van der Waals surface area contributed by atoms with E-state index >= 15 is 0 Å². The molecule has 3 heterocycles. The zero-order chi connectivity index (χ0) is 19.0. The Kier molecular flexibility index (Phi) is 4.83. The van der Waals surface area contributed by atoms with E-state index in [0.717, 1.165) is 21.2 Å². The molecule has 0 aliphatic heterocycles. The van der Waals surface area contributed by atoms with Crippen molar-refractivity contribution in [2.24, 2.45) is 0 Å². The molecule has 0 aliphatic carbocycles. The lowest BCUT2D eigenvalue weighted by atomic mass is 10.2. The number of thiazole rings is 1. The second kappa shape index (κ2) is 7.28. The van der Waals surface area contributed by atoms with E-state index in [-0.39, 0.29) is 15.0 Å². The molecular formula is C19H14IN3O3S. The van der Waals surface area contributed by atoms with Crippen LogP contribution in [0.15, 0.2) is 59.7 Å². The maximum Gasteiger partial charge on any atom is 0.355 e. The molecule has 0 unspecified atom stereocenters. The van der Waals surface area contributed by atoms with E-state index in [1.807, 2.05) is 52.9 Å². The zero-order valence-electron chi connectivity index (χ0n) is 14.3. The monoisotopic (exact) mass is 491 g/mol. The summed E-state index contributed by atoms with van der Waals surface area (Å²) in [7, 11) is 1.63. The highest BCUT2D eigenvalue weighted by molar-refractivity contribution is 14.1. The average Bonchev–Trinajstić information content (AvgIpc) is 3.18. The normalized spacial score (nSPS) is 11.0. The van der Waals surface area contributed by atoms with Gasteiger partial charge >= 0.3 is 5.56 Å². The molecule has 0 saturated carbocycles. The van der Waals surface area contributed by atoms with Crippen molar-refractivity contribution in [3.05, 3.63) is 73.7 Å². The molecule has 0 bridgehead atoms. The summed E-state index contributed by atoms with van der Waals surface area (Å²) >= 11 is 3.31. The van der Waals surface area contributed by atoms with E-state index in [9.17, 15) is 9.90 Å². The van der Waals surface area contributed by atoms with Gasteiger partial charge in [0.25, 0.3) is 5.65 Å². The van der Waals surface area contributed by atoms with Crippen LogP contribution in [-0.4, -0.2) is 16.5 Å². The number of hydrogen-bond acceptors (Lipinski definition) is 5.